The zero-order chi connectivity index (χ0) is 20.8. The highest BCUT2D eigenvalue weighted by Crippen LogP contribution is 2.30. The number of carbonyl (C=O) groups excluding carboxylic acids is 1. The summed E-state index contributed by atoms with van der Waals surface area (Å²) in [5, 5.41) is 12.7. The molecule has 0 atom stereocenters. The van der Waals surface area contributed by atoms with Crippen molar-refractivity contribution in [2.75, 3.05) is 25.3 Å². The van der Waals surface area contributed by atoms with Gasteiger partial charge in [0.05, 0.1) is 20.0 Å². The SMILES string of the molecule is CCn1c(SCC(=O)Nc2ccc(OC)c(OC)c2)nnc1-c1ccc(Cl)cc1. The van der Waals surface area contributed by atoms with E-state index in [4.69, 9.17) is 21.1 Å². The van der Waals surface area contributed by atoms with Gasteiger partial charge in [-0.05, 0) is 43.3 Å². The molecule has 0 saturated heterocycles. The lowest BCUT2D eigenvalue weighted by Gasteiger charge is -2.11. The number of anilines is 1. The van der Waals surface area contributed by atoms with Crippen molar-refractivity contribution < 1.29 is 14.3 Å². The van der Waals surface area contributed by atoms with Gasteiger partial charge in [0.25, 0.3) is 0 Å². The Hall–Kier alpha value is -2.71. The quantitative estimate of drug-likeness (QED) is 0.532. The minimum Gasteiger partial charge on any atom is -0.493 e. The van der Waals surface area contributed by atoms with E-state index >= 15 is 0 Å². The van der Waals surface area contributed by atoms with Gasteiger partial charge in [-0.3, -0.25) is 4.79 Å². The molecule has 0 fully saturated rings. The minimum absolute atomic E-state index is 0.152. The summed E-state index contributed by atoms with van der Waals surface area (Å²) in [6, 6.07) is 12.6. The fraction of sp³-hybridized carbons (Fsp3) is 0.250. The number of nitrogens with one attached hydrogen (secondary N) is 1. The number of benzene rings is 2. The van der Waals surface area contributed by atoms with Crippen LogP contribution in [0, 0.1) is 0 Å². The van der Waals surface area contributed by atoms with Crippen molar-refractivity contribution in [3.63, 3.8) is 0 Å². The Bertz CT molecular complexity index is 992. The lowest BCUT2D eigenvalue weighted by Crippen LogP contribution is -2.14. The maximum absolute atomic E-state index is 12.4. The second-order valence-electron chi connectivity index (χ2n) is 5.96. The molecule has 0 aliphatic heterocycles. The maximum Gasteiger partial charge on any atom is 0.234 e. The third kappa shape index (κ3) is 5.02. The number of ether oxygens (including phenoxy) is 2. The van der Waals surface area contributed by atoms with Crippen molar-refractivity contribution in [1.82, 2.24) is 14.8 Å². The molecule has 0 aliphatic carbocycles. The highest BCUT2D eigenvalue weighted by Gasteiger charge is 2.15. The Kier molecular flexibility index (Phi) is 7.00. The molecule has 1 heterocycles. The van der Waals surface area contributed by atoms with Crippen molar-refractivity contribution in [1.29, 1.82) is 0 Å². The highest BCUT2D eigenvalue weighted by molar-refractivity contribution is 7.99. The molecule has 0 bridgehead atoms. The first-order valence-corrected chi connectivity index (χ1v) is 10.3. The molecule has 152 valence electrons. The molecule has 0 unspecified atom stereocenters. The molecule has 1 aromatic heterocycles. The fourth-order valence-electron chi connectivity index (χ4n) is 2.73. The van der Waals surface area contributed by atoms with E-state index in [-0.39, 0.29) is 11.7 Å². The van der Waals surface area contributed by atoms with Gasteiger partial charge in [-0.15, -0.1) is 10.2 Å². The van der Waals surface area contributed by atoms with Crippen molar-refractivity contribution >= 4 is 35.0 Å². The third-order valence-corrected chi connectivity index (χ3v) is 5.35. The summed E-state index contributed by atoms with van der Waals surface area (Å²) in [7, 11) is 3.12. The third-order valence-electron chi connectivity index (χ3n) is 4.14. The van der Waals surface area contributed by atoms with Crippen LogP contribution in [-0.4, -0.2) is 40.6 Å². The lowest BCUT2D eigenvalue weighted by atomic mass is 10.2. The summed E-state index contributed by atoms with van der Waals surface area (Å²) in [5.74, 6) is 1.95. The molecule has 2 aromatic carbocycles. The van der Waals surface area contributed by atoms with Crippen LogP contribution in [0.2, 0.25) is 5.02 Å². The number of nitrogens with zero attached hydrogens (tertiary/aromatic N) is 3. The van der Waals surface area contributed by atoms with Gasteiger partial charge in [0.2, 0.25) is 5.91 Å². The predicted octanol–water partition coefficient (Wildman–Crippen LogP) is 4.37. The Labute approximate surface area is 178 Å². The predicted molar refractivity (Wildman–Crippen MR) is 115 cm³/mol. The highest BCUT2D eigenvalue weighted by atomic mass is 35.5. The van der Waals surface area contributed by atoms with Crippen LogP contribution in [0.4, 0.5) is 5.69 Å². The average Bonchev–Trinajstić information content (AvgIpc) is 3.15. The molecule has 3 aromatic rings. The van der Waals surface area contributed by atoms with Crippen molar-refractivity contribution in [3.8, 4) is 22.9 Å². The van der Waals surface area contributed by atoms with Crippen LogP contribution in [0.5, 0.6) is 11.5 Å². The Morgan fingerprint density at radius 1 is 1.10 bits per heavy atom. The summed E-state index contributed by atoms with van der Waals surface area (Å²) in [5.41, 5.74) is 1.55. The molecule has 0 aliphatic rings. The second kappa shape index (κ2) is 9.67. The molecule has 0 radical (unpaired) electrons. The van der Waals surface area contributed by atoms with Gasteiger partial charge in [-0.25, -0.2) is 0 Å². The minimum atomic E-state index is -0.152. The van der Waals surface area contributed by atoms with E-state index in [1.807, 2.05) is 35.8 Å². The Balaban J connectivity index is 1.67. The number of aromatic nitrogens is 3. The number of thioether (sulfide) groups is 1. The van der Waals surface area contributed by atoms with E-state index in [1.54, 1.807) is 32.4 Å². The number of hydrogen-bond donors (Lipinski definition) is 1. The molecule has 1 N–H and O–H groups in total. The summed E-state index contributed by atoms with van der Waals surface area (Å²) < 4.78 is 12.4. The van der Waals surface area contributed by atoms with Gasteiger partial charge < -0.3 is 19.4 Å². The summed E-state index contributed by atoms with van der Waals surface area (Å²) in [6.07, 6.45) is 0. The molecule has 7 nitrogen and oxygen atoms in total. The van der Waals surface area contributed by atoms with Crippen molar-refractivity contribution in [3.05, 3.63) is 47.5 Å². The van der Waals surface area contributed by atoms with Crippen LogP contribution in [0.25, 0.3) is 11.4 Å². The van der Waals surface area contributed by atoms with Gasteiger partial charge in [0.15, 0.2) is 22.5 Å². The molecule has 3 rings (SSSR count). The van der Waals surface area contributed by atoms with Gasteiger partial charge >= 0.3 is 0 Å². The van der Waals surface area contributed by atoms with E-state index in [2.05, 4.69) is 15.5 Å². The zero-order valence-electron chi connectivity index (χ0n) is 16.3. The van der Waals surface area contributed by atoms with Gasteiger partial charge in [0, 0.05) is 28.9 Å². The Morgan fingerprint density at radius 3 is 2.48 bits per heavy atom. The van der Waals surface area contributed by atoms with Crippen LogP contribution < -0.4 is 14.8 Å². The van der Waals surface area contributed by atoms with E-state index in [0.29, 0.717) is 33.9 Å². The van der Waals surface area contributed by atoms with Crippen LogP contribution in [0.15, 0.2) is 47.6 Å². The second-order valence-corrected chi connectivity index (χ2v) is 7.34. The van der Waals surface area contributed by atoms with Crippen LogP contribution in [-0.2, 0) is 11.3 Å². The number of hydrogen-bond acceptors (Lipinski definition) is 6. The van der Waals surface area contributed by atoms with Gasteiger partial charge in [0.1, 0.15) is 0 Å². The average molecular weight is 433 g/mol. The summed E-state index contributed by atoms with van der Waals surface area (Å²) >= 11 is 7.29. The number of amides is 1. The fourth-order valence-corrected chi connectivity index (χ4v) is 3.66. The first kappa shape index (κ1) is 21.0. The number of methoxy groups -OCH3 is 2. The molecule has 29 heavy (non-hydrogen) atoms. The normalized spacial score (nSPS) is 10.6. The van der Waals surface area contributed by atoms with Crippen LogP contribution in [0.3, 0.4) is 0 Å². The monoisotopic (exact) mass is 432 g/mol. The van der Waals surface area contributed by atoms with E-state index < -0.39 is 0 Å². The zero-order valence-corrected chi connectivity index (χ0v) is 17.9. The molecule has 1 amide bonds. The first-order chi connectivity index (χ1) is 14.0. The van der Waals surface area contributed by atoms with Gasteiger partial charge in [-0.1, -0.05) is 23.4 Å². The summed E-state index contributed by atoms with van der Waals surface area (Å²) in [6.45, 7) is 2.70. The Morgan fingerprint density at radius 2 is 1.83 bits per heavy atom. The first-order valence-electron chi connectivity index (χ1n) is 8.89. The molecule has 0 saturated carbocycles. The van der Waals surface area contributed by atoms with Crippen molar-refractivity contribution in [2.45, 2.75) is 18.6 Å². The lowest BCUT2D eigenvalue weighted by molar-refractivity contribution is -0.113. The molecular formula is C20H21ClN4O3S. The topological polar surface area (TPSA) is 78.3 Å². The van der Waals surface area contributed by atoms with E-state index in [0.717, 1.165) is 11.4 Å². The number of halogens is 1. The molecule has 0 spiro atoms. The smallest absolute Gasteiger partial charge is 0.234 e. The van der Waals surface area contributed by atoms with Crippen molar-refractivity contribution in [2.24, 2.45) is 0 Å². The van der Waals surface area contributed by atoms with Gasteiger partial charge in [-0.2, -0.15) is 0 Å². The standard InChI is InChI=1S/C20H21ClN4O3S/c1-4-25-19(13-5-7-14(21)8-6-13)23-24-20(25)29-12-18(26)22-15-9-10-16(27-2)17(11-15)28-3/h5-11H,4,12H2,1-3H3,(H,22,26). The largest absolute Gasteiger partial charge is 0.493 e. The van der Waals surface area contributed by atoms with E-state index in [9.17, 15) is 4.79 Å². The summed E-state index contributed by atoms with van der Waals surface area (Å²) in [4.78, 5) is 12.4. The molecular weight excluding hydrogens is 412 g/mol. The van der Waals surface area contributed by atoms with E-state index in [1.165, 1.54) is 11.8 Å². The van der Waals surface area contributed by atoms with Crippen LogP contribution >= 0.6 is 23.4 Å². The number of carbonyl (C=O) groups is 1. The van der Waals surface area contributed by atoms with Crippen LogP contribution in [0.1, 0.15) is 6.92 Å². The number of rotatable bonds is 8. The maximum atomic E-state index is 12.4. The molecule has 9 heteroatoms.